The second-order valence-electron chi connectivity index (χ2n) is 17.1. The minimum absolute atomic E-state index is 0.0259. The summed E-state index contributed by atoms with van der Waals surface area (Å²) in [7, 11) is -6.40. The molecular weight excluding hydrogens is 939 g/mol. The predicted molar refractivity (Wildman–Crippen MR) is 267 cm³/mol. The smallest absolute Gasteiger partial charge is 0.220 e. The third kappa shape index (κ3) is 12.3. The van der Waals surface area contributed by atoms with Crippen LogP contribution in [0.15, 0.2) is 73.1 Å². The van der Waals surface area contributed by atoms with Crippen LogP contribution in [0, 0.1) is 0 Å². The monoisotopic (exact) mass is 996 g/mol. The van der Waals surface area contributed by atoms with Gasteiger partial charge in [0.05, 0.1) is 36.0 Å². The molecule has 3 N–H and O–H groups in total. The number of aromatic nitrogens is 2. The molecule has 66 heavy (non-hydrogen) atoms. The van der Waals surface area contributed by atoms with Gasteiger partial charge in [-0.3, -0.25) is 24.6 Å². The van der Waals surface area contributed by atoms with E-state index in [0.717, 1.165) is 76.0 Å². The van der Waals surface area contributed by atoms with Crippen LogP contribution in [0.1, 0.15) is 95.4 Å². The van der Waals surface area contributed by atoms with Crippen LogP contribution in [-0.4, -0.2) is 135 Å². The number of fused-ring (bicyclic) bond motifs is 4. The summed E-state index contributed by atoms with van der Waals surface area (Å²) in [6.45, 7) is 5.59. The highest BCUT2D eigenvalue weighted by Gasteiger charge is 2.36. The Morgan fingerprint density at radius 1 is 0.682 bits per heavy atom. The Bertz CT molecular complexity index is 2650. The van der Waals surface area contributed by atoms with Gasteiger partial charge >= 0.3 is 0 Å². The van der Waals surface area contributed by atoms with Crippen LogP contribution >= 0.6 is 34.8 Å². The molecule has 2 aromatic heterocycles. The van der Waals surface area contributed by atoms with Crippen molar-refractivity contribution in [1.29, 1.82) is 0 Å². The molecule has 2 aromatic carbocycles. The Morgan fingerprint density at radius 3 is 1.56 bits per heavy atom. The standard InChI is InChI=1S/C26H32Cl2N4O3S.C22H27ClN4O2S/c1-36(34,35)32-15-13-31(14-16-32)26-23-9-8-21(28)18-20(23)17-19(22-6-4-12-30-25(22)26)5-3-11-29-24(33)7-2-10-27;1-30(28,29)27-12-10-26(11-13-27)22-20-7-6-18(23)15-17(20)14-16(4-2-8-24)19-5-3-9-25-21(19)22/h4,6,8-9,12,17-18,26H,2-3,5,7,10-11,13-16H2,1H3,(H,29,33);3,5-7,9,14-15,22H,2,4,8,10-13,24H2,1H3. The molecule has 4 aromatic rings. The number of halogens is 3. The molecule has 2 fully saturated rings. The Hall–Kier alpha value is -3.74. The Kier molecular flexibility index (Phi) is 17.2. The molecule has 4 aliphatic rings. The van der Waals surface area contributed by atoms with E-state index in [0.29, 0.717) is 94.2 Å². The molecule has 2 atom stereocenters. The fourth-order valence-corrected chi connectivity index (χ4v) is 11.5. The lowest BCUT2D eigenvalue weighted by Crippen LogP contribution is -2.49. The largest absolute Gasteiger partial charge is 0.356 e. The van der Waals surface area contributed by atoms with Gasteiger partial charge in [-0.25, -0.2) is 16.8 Å². The molecule has 0 radical (unpaired) electrons. The first-order valence-corrected chi connectivity index (χ1v) is 27.5. The third-order valence-corrected chi connectivity index (χ3v) is 15.9. The second kappa shape index (κ2) is 22.6. The van der Waals surface area contributed by atoms with Gasteiger partial charge < -0.3 is 11.1 Å². The number of hydrogen-bond acceptors (Lipinski definition) is 10. The van der Waals surface area contributed by atoms with Gasteiger partial charge in [-0.05, 0) is 108 Å². The van der Waals surface area contributed by atoms with E-state index >= 15 is 0 Å². The number of hydrogen-bond donors (Lipinski definition) is 2. The molecule has 4 heterocycles. The van der Waals surface area contributed by atoms with Gasteiger partial charge in [0, 0.05) is 105 Å². The summed E-state index contributed by atoms with van der Waals surface area (Å²) in [4.78, 5) is 26.2. The number of sulfonamides is 2. The van der Waals surface area contributed by atoms with E-state index in [1.807, 2.05) is 48.8 Å². The van der Waals surface area contributed by atoms with Crippen molar-refractivity contribution in [2.45, 2.75) is 50.6 Å². The average Bonchev–Trinajstić information content (AvgIpc) is 3.52. The zero-order valence-electron chi connectivity index (χ0n) is 37.5. The van der Waals surface area contributed by atoms with Crippen molar-refractivity contribution in [1.82, 2.24) is 33.7 Å². The van der Waals surface area contributed by atoms with E-state index in [1.165, 1.54) is 22.4 Å². The number of piperazine rings is 2. The molecule has 2 saturated heterocycles. The van der Waals surface area contributed by atoms with Gasteiger partial charge in [0.1, 0.15) is 0 Å². The lowest BCUT2D eigenvalue weighted by Gasteiger charge is -2.39. The summed E-state index contributed by atoms with van der Waals surface area (Å²) < 4.78 is 51.1. The van der Waals surface area contributed by atoms with Crippen LogP contribution < -0.4 is 11.1 Å². The fourth-order valence-electron chi connectivity index (χ4n) is 9.33. The van der Waals surface area contributed by atoms with Crippen molar-refractivity contribution in [3.63, 3.8) is 0 Å². The number of benzene rings is 2. The number of nitrogens with one attached hydrogen (secondary N) is 1. The molecule has 1 amide bonds. The lowest BCUT2D eigenvalue weighted by molar-refractivity contribution is -0.121. The van der Waals surface area contributed by atoms with Gasteiger partial charge in [-0.1, -0.05) is 59.6 Å². The van der Waals surface area contributed by atoms with Crippen molar-refractivity contribution in [3.05, 3.63) is 128 Å². The second-order valence-corrected chi connectivity index (χ2v) is 22.3. The van der Waals surface area contributed by atoms with E-state index in [4.69, 9.17) is 50.5 Å². The van der Waals surface area contributed by atoms with Crippen LogP contribution in [0.4, 0.5) is 0 Å². The van der Waals surface area contributed by atoms with Gasteiger partial charge in [-0.15, -0.1) is 11.6 Å². The van der Waals surface area contributed by atoms with Crippen LogP contribution in [0.3, 0.4) is 0 Å². The van der Waals surface area contributed by atoms with E-state index in [9.17, 15) is 21.6 Å². The molecule has 13 nitrogen and oxygen atoms in total. The Labute approximate surface area is 405 Å². The van der Waals surface area contributed by atoms with Crippen LogP contribution in [-0.2, 0) is 24.8 Å². The topological polar surface area (TPSA) is 162 Å². The van der Waals surface area contributed by atoms with E-state index in [1.54, 1.807) is 4.31 Å². The highest BCUT2D eigenvalue weighted by molar-refractivity contribution is 7.88. The number of nitrogens with two attached hydrogens (primary N) is 1. The number of nitrogens with zero attached hydrogens (tertiary/aromatic N) is 6. The molecule has 8 rings (SSSR count). The van der Waals surface area contributed by atoms with Crippen molar-refractivity contribution >= 4 is 84.1 Å². The Morgan fingerprint density at radius 2 is 1.14 bits per heavy atom. The molecule has 18 heteroatoms. The molecule has 2 aliphatic carbocycles. The zero-order valence-corrected chi connectivity index (χ0v) is 41.4. The van der Waals surface area contributed by atoms with Crippen LogP contribution in [0.2, 0.25) is 10.0 Å². The minimum atomic E-state index is -3.22. The number of carbonyl (C=O) groups is 1. The molecule has 2 unspecified atom stereocenters. The summed E-state index contributed by atoms with van der Waals surface area (Å²) >= 11 is 18.4. The highest BCUT2D eigenvalue weighted by atomic mass is 35.5. The predicted octanol–water partition coefficient (Wildman–Crippen LogP) is 7.17. The normalized spacial score (nSPS) is 19.4. The number of allylic oxidation sites excluding steroid dienone is 2. The van der Waals surface area contributed by atoms with Crippen molar-refractivity contribution in [3.8, 4) is 0 Å². The number of rotatable bonds is 14. The van der Waals surface area contributed by atoms with Crippen molar-refractivity contribution in [2.24, 2.45) is 5.73 Å². The molecule has 2 aliphatic heterocycles. The van der Waals surface area contributed by atoms with E-state index in [2.05, 4.69) is 51.5 Å². The number of pyridine rings is 2. The summed E-state index contributed by atoms with van der Waals surface area (Å²) in [6.07, 6.45) is 15.0. The number of amides is 1. The van der Waals surface area contributed by atoms with Crippen molar-refractivity contribution < 1.29 is 21.6 Å². The minimum Gasteiger partial charge on any atom is -0.356 e. The number of alkyl halides is 1. The maximum absolute atomic E-state index is 12.1. The first-order valence-electron chi connectivity index (χ1n) is 22.5. The summed E-state index contributed by atoms with van der Waals surface area (Å²) in [5, 5.41) is 4.34. The van der Waals surface area contributed by atoms with Crippen molar-refractivity contribution in [2.75, 3.05) is 83.8 Å². The number of carbonyl (C=O) groups excluding carboxylic acids is 1. The van der Waals surface area contributed by atoms with Gasteiger partial charge in [0.15, 0.2) is 0 Å². The van der Waals surface area contributed by atoms with Crippen LogP contribution in [0.5, 0.6) is 0 Å². The summed E-state index contributed by atoms with van der Waals surface area (Å²) in [6, 6.07) is 19.9. The van der Waals surface area contributed by atoms with Gasteiger partial charge in [0.2, 0.25) is 26.0 Å². The first kappa shape index (κ1) is 50.1. The Balaban J connectivity index is 0.000000199. The molecule has 0 spiro atoms. The van der Waals surface area contributed by atoms with E-state index < -0.39 is 20.0 Å². The average molecular weight is 999 g/mol. The van der Waals surface area contributed by atoms with Gasteiger partial charge in [0.25, 0.3) is 0 Å². The van der Waals surface area contributed by atoms with Gasteiger partial charge in [-0.2, -0.15) is 8.61 Å². The lowest BCUT2D eigenvalue weighted by atomic mass is 9.95. The third-order valence-electron chi connectivity index (χ3n) is 12.6. The molecular formula is C48H59Cl3N8O5S2. The molecule has 354 valence electrons. The van der Waals surface area contributed by atoms with Crippen LogP contribution in [0.25, 0.3) is 23.3 Å². The SMILES string of the molecule is CS(=O)(=O)N1CCN(C2c3ccc(Cl)cc3C=C(CCCN)c3cccnc32)CC1.CS(=O)(=O)N1CCN(C2c3ccc(Cl)cc3C=C(CCCNC(=O)CCCCl)c3cccnc32)CC1. The quantitative estimate of drug-likeness (QED) is 0.0980. The fraction of sp³-hybridized carbons (Fsp3) is 0.438. The maximum atomic E-state index is 12.1. The zero-order chi connectivity index (χ0) is 47.0. The van der Waals surface area contributed by atoms with E-state index in [-0.39, 0.29) is 18.0 Å². The summed E-state index contributed by atoms with van der Waals surface area (Å²) in [5.74, 6) is 0.509. The molecule has 0 bridgehead atoms. The maximum Gasteiger partial charge on any atom is 0.220 e. The first-order chi connectivity index (χ1) is 31.7. The summed E-state index contributed by atoms with van der Waals surface area (Å²) in [5.41, 5.74) is 16.7. The highest BCUT2D eigenvalue weighted by Crippen LogP contribution is 2.43. The molecule has 0 saturated carbocycles.